The summed E-state index contributed by atoms with van der Waals surface area (Å²) in [4.78, 5) is 7.06. The predicted octanol–water partition coefficient (Wildman–Crippen LogP) is 3.47. The second-order valence-corrected chi connectivity index (χ2v) is 4.03. The summed E-state index contributed by atoms with van der Waals surface area (Å²) in [6.07, 6.45) is -3.52. The van der Waals surface area contributed by atoms with Crippen LogP contribution in [0.2, 0.25) is 5.02 Å². The molecule has 0 unspecified atom stereocenters. The predicted molar refractivity (Wildman–Crippen MR) is 66.2 cm³/mol. The van der Waals surface area contributed by atoms with E-state index in [0.29, 0.717) is 16.4 Å². The zero-order valence-corrected chi connectivity index (χ0v) is 10.1. The molecule has 100 valence electrons. The Morgan fingerprint density at radius 1 is 1.21 bits per heavy atom. The zero-order chi connectivity index (χ0) is 14.0. The lowest BCUT2D eigenvalue weighted by Gasteiger charge is -2.10. The molecule has 3 N–H and O–H groups in total. The molecule has 2 aromatic rings. The van der Waals surface area contributed by atoms with Crippen molar-refractivity contribution < 1.29 is 13.2 Å². The largest absolute Gasteiger partial charge is 0.433 e. The molecule has 1 aromatic heterocycles. The lowest BCUT2D eigenvalue weighted by Crippen LogP contribution is -2.10. The molecule has 1 heterocycles. The highest BCUT2D eigenvalue weighted by molar-refractivity contribution is 6.33. The molecule has 0 fully saturated rings. The number of halogens is 4. The molecule has 2 rings (SSSR count). The summed E-state index contributed by atoms with van der Waals surface area (Å²) < 4.78 is 37.5. The van der Waals surface area contributed by atoms with Gasteiger partial charge in [-0.25, -0.2) is 9.97 Å². The average Bonchev–Trinajstić information content (AvgIpc) is 2.33. The smallest absolute Gasteiger partial charge is 0.399 e. The van der Waals surface area contributed by atoms with Crippen molar-refractivity contribution in [2.75, 3.05) is 11.1 Å². The first-order valence-electron chi connectivity index (χ1n) is 5.08. The quantitative estimate of drug-likeness (QED) is 0.831. The highest BCUT2D eigenvalue weighted by Gasteiger charge is 2.32. The molecule has 4 nitrogen and oxygen atoms in total. The van der Waals surface area contributed by atoms with Crippen molar-refractivity contribution in [2.24, 2.45) is 0 Å². The van der Waals surface area contributed by atoms with Gasteiger partial charge < -0.3 is 11.1 Å². The normalized spacial score (nSPS) is 11.4. The summed E-state index contributed by atoms with van der Waals surface area (Å²) in [5.74, 6) is -0.206. The minimum Gasteiger partial charge on any atom is -0.399 e. The average molecular weight is 289 g/mol. The molecule has 0 aliphatic rings. The third kappa shape index (κ3) is 3.25. The van der Waals surface area contributed by atoms with Gasteiger partial charge in [-0.3, -0.25) is 0 Å². The number of rotatable bonds is 2. The van der Waals surface area contributed by atoms with Gasteiger partial charge in [-0.1, -0.05) is 11.6 Å². The van der Waals surface area contributed by atoms with E-state index < -0.39 is 11.9 Å². The van der Waals surface area contributed by atoms with E-state index in [-0.39, 0.29) is 5.95 Å². The van der Waals surface area contributed by atoms with Gasteiger partial charge in [0.2, 0.25) is 5.95 Å². The Hall–Kier alpha value is -2.02. The number of nitrogens with two attached hydrogens (primary N) is 1. The molecule has 0 radical (unpaired) electrons. The number of nitrogen functional groups attached to an aromatic ring is 1. The number of alkyl halides is 3. The Morgan fingerprint density at radius 2 is 1.95 bits per heavy atom. The maximum Gasteiger partial charge on any atom is 0.433 e. The minimum absolute atomic E-state index is 0.206. The summed E-state index contributed by atoms with van der Waals surface area (Å²) in [6.45, 7) is 0. The van der Waals surface area contributed by atoms with E-state index in [2.05, 4.69) is 15.3 Å². The molecule has 0 atom stereocenters. The van der Waals surface area contributed by atoms with Crippen LogP contribution in [0.5, 0.6) is 0 Å². The Morgan fingerprint density at radius 3 is 2.63 bits per heavy atom. The van der Waals surface area contributed by atoms with Gasteiger partial charge in [0, 0.05) is 11.9 Å². The van der Waals surface area contributed by atoms with Crippen LogP contribution in [0.1, 0.15) is 5.69 Å². The van der Waals surface area contributed by atoms with Crippen LogP contribution in [0.15, 0.2) is 30.5 Å². The second kappa shape index (κ2) is 4.93. The van der Waals surface area contributed by atoms with Gasteiger partial charge in [0.05, 0.1) is 10.7 Å². The number of anilines is 3. The van der Waals surface area contributed by atoms with Gasteiger partial charge in [0.25, 0.3) is 0 Å². The molecule has 1 aromatic carbocycles. The van der Waals surface area contributed by atoms with Crippen molar-refractivity contribution >= 4 is 28.9 Å². The Balaban J connectivity index is 2.31. The summed E-state index contributed by atoms with van der Waals surface area (Å²) in [7, 11) is 0. The lowest BCUT2D eigenvalue weighted by atomic mass is 10.3. The molecule has 0 saturated heterocycles. The van der Waals surface area contributed by atoms with Crippen molar-refractivity contribution in [3.05, 3.63) is 41.2 Å². The minimum atomic E-state index is -4.53. The van der Waals surface area contributed by atoms with E-state index in [4.69, 9.17) is 17.3 Å². The van der Waals surface area contributed by atoms with Gasteiger partial charge in [-0.2, -0.15) is 13.2 Å². The molecule has 19 heavy (non-hydrogen) atoms. The standard InChI is InChI=1S/C11H8ClF3N4/c12-7-2-1-6(16)5-8(7)18-10-17-4-3-9(19-10)11(13,14)15/h1-5H,16H2,(H,17,18,19). The number of aromatic nitrogens is 2. The maximum atomic E-state index is 12.5. The molecule has 0 aliphatic carbocycles. The van der Waals surface area contributed by atoms with Crippen molar-refractivity contribution in [1.29, 1.82) is 0 Å². The molecule has 0 amide bonds. The van der Waals surface area contributed by atoms with Crippen molar-refractivity contribution in [3.63, 3.8) is 0 Å². The van der Waals surface area contributed by atoms with Gasteiger partial charge in [0.1, 0.15) is 5.69 Å². The van der Waals surface area contributed by atoms with Crippen LogP contribution in [-0.4, -0.2) is 9.97 Å². The van der Waals surface area contributed by atoms with E-state index >= 15 is 0 Å². The van der Waals surface area contributed by atoms with Crippen LogP contribution >= 0.6 is 11.6 Å². The number of benzene rings is 1. The summed E-state index contributed by atoms with van der Waals surface area (Å²) in [6, 6.07) is 5.35. The lowest BCUT2D eigenvalue weighted by molar-refractivity contribution is -0.141. The number of nitrogens with zero attached hydrogens (tertiary/aromatic N) is 2. The van der Waals surface area contributed by atoms with E-state index in [1.807, 2.05) is 0 Å². The van der Waals surface area contributed by atoms with Crippen LogP contribution in [0, 0.1) is 0 Å². The van der Waals surface area contributed by atoms with E-state index in [1.54, 1.807) is 6.07 Å². The second-order valence-electron chi connectivity index (χ2n) is 3.63. The van der Waals surface area contributed by atoms with Gasteiger partial charge in [-0.05, 0) is 24.3 Å². The molecule has 0 spiro atoms. The fraction of sp³-hybridized carbons (Fsp3) is 0.0909. The van der Waals surface area contributed by atoms with Crippen LogP contribution in [0.4, 0.5) is 30.5 Å². The first kappa shape index (κ1) is 13.4. The van der Waals surface area contributed by atoms with E-state index in [1.165, 1.54) is 12.1 Å². The topological polar surface area (TPSA) is 63.8 Å². The SMILES string of the molecule is Nc1ccc(Cl)c(Nc2nccc(C(F)(F)F)n2)c1. The number of hydrogen-bond donors (Lipinski definition) is 2. The van der Waals surface area contributed by atoms with Crippen LogP contribution in [0.25, 0.3) is 0 Å². The van der Waals surface area contributed by atoms with E-state index in [0.717, 1.165) is 12.3 Å². The highest BCUT2D eigenvalue weighted by atomic mass is 35.5. The fourth-order valence-electron chi connectivity index (χ4n) is 1.34. The van der Waals surface area contributed by atoms with Crippen LogP contribution < -0.4 is 11.1 Å². The summed E-state index contributed by atoms with van der Waals surface area (Å²) >= 11 is 5.88. The Kier molecular flexibility index (Phi) is 3.48. The third-order valence-corrected chi connectivity index (χ3v) is 2.51. The first-order valence-corrected chi connectivity index (χ1v) is 5.46. The highest BCUT2D eigenvalue weighted by Crippen LogP contribution is 2.29. The summed E-state index contributed by atoms with van der Waals surface area (Å²) in [5.41, 5.74) is 5.27. The van der Waals surface area contributed by atoms with Crippen LogP contribution in [0.3, 0.4) is 0 Å². The fourth-order valence-corrected chi connectivity index (χ4v) is 1.50. The third-order valence-electron chi connectivity index (χ3n) is 2.18. The number of nitrogens with one attached hydrogen (secondary N) is 1. The number of hydrogen-bond acceptors (Lipinski definition) is 4. The summed E-state index contributed by atoms with van der Waals surface area (Å²) in [5, 5.41) is 2.89. The molecular formula is C11H8ClF3N4. The molecule has 8 heteroatoms. The Bertz CT molecular complexity index is 601. The van der Waals surface area contributed by atoms with Crippen molar-refractivity contribution in [3.8, 4) is 0 Å². The zero-order valence-electron chi connectivity index (χ0n) is 9.37. The van der Waals surface area contributed by atoms with E-state index in [9.17, 15) is 13.2 Å². The molecule has 0 saturated carbocycles. The monoisotopic (exact) mass is 288 g/mol. The van der Waals surface area contributed by atoms with Crippen molar-refractivity contribution in [1.82, 2.24) is 9.97 Å². The van der Waals surface area contributed by atoms with Crippen LogP contribution in [-0.2, 0) is 6.18 Å². The van der Waals surface area contributed by atoms with Crippen molar-refractivity contribution in [2.45, 2.75) is 6.18 Å². The van der Waals surface area contributed by atoms with Gasteiger partial charge in [0.15, 0.2) is 0 Å². The molecule has 0 bridgehead atoms. The van der Waals surface area contributed by atoms with Gasteiger partial charge >= 0.3 is 6.18 Å². The molecule has 0 aliphatic heterocycles. The molecular weight excluding hydrogens is 281 g/mol. The maximum absolute atomic E-state index is 12.5. The Labute approximate surface area is 111 Å². The van der Waals surface area contributed by atoms with Gasteiger partial charge in [-0.15, -0.1) is 0 Å². The first-order chi connectivity index (χ1) is 8.86.